The first-order valence-electron chi connectivity index (χ1n) is 8.70. The molecule has 0 aliphatic heterocycles. The van der Waals surface area contributed by atoms with E-state index in [1.54, 1.807) is 0 Å². The van der Waals surface area contributed by atoms with Gasteiger partial charge < -0.3 is 0 Å². The van der Waals surface area contributed by atoms with Gasteiger partial charge >= 0.3 is 0 Å². The van der Waals surface area contributed by atoms with E-state index in [-0.39, 0.29) is 0 Å². The van der Waals surface area contributed by atoms with E-state index in [1.165, 1.54) is 16.7 Å². The number of pyridine rings is 1. The topological polar surface area (TPSA) is 54.5 Å². The minimum Gasteiger partial charge on any atom is -0.251 e. The van der Waals surface area contributed by atoms with Gasteiger partial charge in [-0.25, -0.2) is 0 Å². The van der Waals surface area contributed by atoms with E-state index < -0.39 is 0 Å². The first-order chi connectivity index (χ1) is 12.7. The molecule has 0 aromatic carbocycles. The molecule has 0 saturated carbocycles. The normalized spacial score (nSPS) is 19.8. The first kappa shape index (κ1) is 16.2. The summed E-state index contributed by atoms with van der Waals surface area (Å²) in [5.74, 6) is 0. The Morgan fingerprint density at radius 3 is 2.62 bits per heavy atom. The van der Waals surface area contributed by atoms with E-state index in [0.29, 0.717) is 0 Å². The van der Waals surface area contributed by atoms with Gasteiger partial charge in [0, 0.05) is 11.3 Å². The van der Waals surface area contributed by atoms with Crippen molar-refractivity contribution in [3.63, 3.8) is 0 Å². The molecule has 0 atom stereocenters. The monoisotopic (exact) mass is 340 g/mol. The van der Waals surface area contributed by atoms with Crippen LogP contribution in [0.2, 0.25) is 0 Å². The van der Waals surface area contributed by atoms with Crippen LogP contribution < -0.4 is 0 Å². The zero-order chi connectivity index (χ0) is 17.9. The van der Waals surface area contributed by atoms with Gasteiger partial charge in [-0.2, -0.15) is 15.4 Å². The van der Waals surface area contributed by atoms with Gasteiger partial charge in [0.15, 0.2) is 0 Å². The number of nitrogens with one attached hydrogen (secondary N) is 1. The van der Waals surface area contributed by atoms with Crippen LogP contribution in [-0.2, 0) is 0 Å². The van der Waals surface area contributed by atoms with Gasteiger partial charge in [0.25, 0.3) is 0 Å². The minimum absolute atomic E-state index is 0.780. The molecule has 4 rings (SSSR count). The number of aromatic amines is 1. The molecule has 4 heteroatoms. The molecule has 0 saturated heterocycles. The van der Waals surface area contributed by atoms with E-state index in [1.807, 2.05) is 25.1 Å². The number of aryl methyl sites for hydroxylation is 1. The van der Waals surface area contributed by atoms with Crippen LogP contribution in [0.3, 0.4) is 0 Å². The van der Waals surface area contributed by atoms with Crippen LogP contribution >= 0.6 is 0 Å². The molecule has 2 aliphatic carbocycles. The number of allylic oxidation sites excluding steroid dienone is 12. The molecule has 0 bridgehead atoms. The molecule has 2 aromatic heterocycles. The number of rotatable bonds is 2. The van der Waals surface area contributed by atoms with Gasteiger partial charge in [-0.05, 0) is 43.5 Å². The van der Waals surface area contributed by atoms with Crippen LogP contribution in [0.25, 0.3) is 17.0 Å². The zero-order valence-corrected chi connectivity index (χ0v) is 14.9. The molecule has 1 N–H and O–H groups in total. The highest BCUT2D eigenvalue weighted by Gasteiger charge is 2.16. The van der Waals surface area contributed by atoms with Crippen LogP contribution in [0.1, 0.15) is 24.7 Å². The number of hydrogen-bond acceptors (Lipinski definition) is 3. The van der Waals surface area contributed by atoms with Crippen molar-refractivity contribution in [2.24, 2.45) is 0 Å². The summed E-state index contributed by atoms with van der Waals surface area (Å²) >= 11 is 0. The Morgan fingerprint density at radius 2 is 1.73 bits per heavy atom. The van der Waals surface area contributed by atoms with Crippen LogP contribution in [0.4, 0.5) is 0 Å². The summed E-state index contributed by atoms with van der Waals surface area (Å²) in [5, 5.41) is 11.5. The van der Waals surface area contributed by atoms with Crippen LogP contribution in [0.5, 0.6) is 0 Å². The van der Waals surface area contributed by atoms with Crippen molar-refractivity contribution >= 4 is 5.57 Å². The second kappa shape index (κ2) is 6.92. The molecule has 4 nitrogen and oxygen atoms in total. The number of nitrogens with zero attached hydrogens (tertiary/aromatic N) is 3. The largest absolute Gasteiger partial charge is 0.251 e. The quantitative estimate of drug-likeness (QED) is 0.847. The van der Waals surface area contributed by atoms with E-state index in [9.17, 15) is 0 Å². The maximum Gasteiger partial charge on any atom is 0.139 e. The smallest absolute Gasteiger partial charge is 0.139 e. The highest BCUT2D eigenvalue weighted by molar-refractivity contribution is 5.82. The highest BCUT2D eigenvalue weighted by Crippen LogP contribution is 2.31. The Morgan fingerprint density at radius 1 is 0.923 bits per heavy atom. The summed E-state index contributed by atoms with van der Waals surface area (Å²) in [6, 6.07) is 5.94. The maximum atomic E-state index is 4.59. The predicted octanol–water partition coefficient (Wildman–Crippen LogP) is 4.89. The second-order valence-electron chi connectivity index (χ2n) is 6.47. The SMILES string of the molecule is CC1=C/C=C/C=C2\C=CC(c3n[nH]nc3-c3cccc(C)n3)=CCC2=C1. The Bertz CT molecular complexity index is 1030. The van der Waals surface area contributed by atoms with Crippen molar-refractivity contribution in [1.29, 1.82) is 0 Å². The lowest BCUT2D eigenvalue weighted by Gasteiger charge is -2.06. The van der Waals surface area contributed by atoms with Crippen molar-refractivity contribution in [2.75, 3.05) is 0 Å². The fourth-order valence-electron chi connectivity index (χ4n) is 3.15. The summed E-state index contributed by atoms with van der Waals surface area (Å²) in [6.45, 7) is 4.10. The Balaban J connectivity index is 1.75. The summed E-state index contributed by atoms with van der Waals surface area (Å²) in [4.78, 5) is 4.59. The van der Waals surface area contributed by atoms with Gasteiger partial charge in [0.2, 0.25) is 0 Å². The molecule has 0 amide bonds. The van der Waals surface area contributed by atoms with Crippen molar-refractivity contribution < 1.29 is 0 Å². The third-order valence-electron chi connectivity index (χ3n) is 4.46. The Hall–Kier alpha value is -3.27. The lowest BCUT2D eigenvalue weighted by Crippen LogP contribution is -1.91. The lowest BCUT2D eigenvalue weighted by molar-refractivity contribution is 0.936. The average Bonchev–Trinajstić information content (AvgIpc) is 3.02. The van der Waals surface area contributed by atoms with Gasteiger partial charge in [0.1, 0.15) is 11.4 Å². The molecule has 128 valence electrons. The molecule has 26 heavy (non-hydrogen) atoms. The zero-order valence-electron chi connectivity index (χ0n) is 14.9. The highest BCUT2D eigenvalue weighted by atomic mass is 15.3. The fourth-order valence-corrected chi connectivity index (χ4v) is 3.15. The van der Waals surface area contributed by atoms with E-state index in [0.717, 1.165) is 34.8 Å². The standard InChI is InChI=1S/C22H20N4/c1-15-6-3-4-8-17-10-11-18(12-13-19(17)14-15)21-22(25-26-24-21)20-9-5-7-16(2)23-20/h3-12,14H,13H2,1-2H3,(H,24,25,26)/b4-3+,6-3?,8-4?,15-6?,15-14?,17-8+,19-14?. The summed E-state index contributed by atoms with van der Waals surface area (Å²) in [6.07, 6.45) is 18.0. The molecule has 0 unspecified atom stereocenters. The molecular formula is C22H20N4. The molecule has 2 aliphatic rings. The van der Waals surface area contributed by atoms with Gasteiger partial charge in [-0.15, -0.1) is 0 Å². The number of fused-ring (bicyclic) bond motifs is 1. The third kappa shape index (κ3) is 3.26. The number of H-pyrrole nitrogens is 1. The Kier molecular flexibility index (Phi) is 4.32. The van der Waals surface area contributed by atoms with Crippen molar-refractivity contribution in [1.82, 2.24) is 20.4 Å². The molecule has 0 fully saturated rings. The van der Waals surface area contributed by atoms with Crippen molar-refractivity contribution in [3.8, 4) is 11.4 Å². The van der Waals surface area contributed by atoms with E-state index in [2.05, 4.69) is 75.9 Å². The van der Waals surface area contributed by atoms with E-state index in [4.69, 9.17) is 0 Å². The summed E-state index contributed by atoms with van der Waals surface area (Å²) in [5.41, 5.74) is 8.23. The van der Waals surface area contributed by atoms with Crippen molar-refractivity contribution in [3.05, 3.63) is 94.9 Å². The second-order valence-corrected chi connectivity index (χ2v) is 6.47. The predicted molar refractivity (Wildman–Crippen MR) is 105 cm³/mol. The van der Waals surface area contributed by atoms with Crippen molar-refractivity contribution in [2.45, 2.75) is 20.3 Å². The molecular weight excluding hydrogens is 320 g/mol. The average molecular weight is 340 g/mol. The van der Waals surface area contributed by atoms with Crippen LogP contribution in [0.15, 0.2) is 83.5 Å². The molecule has 0 spiro atoms. The molecule has 2 heterocycles. The first-order valence-corrected chi connectivity index (χ1v) is 8.70. The summed E-state index contributed by atoms with van der Waals surface area (Å²) in [7, 11) is 0. The molecule has 0 radical (unpaired) electrons. The summed E-state index contributed by atoms with van der Waals surface area (Å²) < 4.78 is 0. The van der Waals surface area contributed by atoms with Gasteiger partial charge in [-0.1, -0.05) is 60.2 Å². The Labute approximate surface area is 153 Å². The number of aromatic nitrogens is 4. The third-order valence-corrected chi connectivity index (χ3v) is 4.46. The van der Waals surface area contributed by atoms with E-state index >= 15 is 0 Å². The minimum atomic E-state index is 0.780. The van der Waals surface area contributed by atoms with Crippen LogP contribution in [-0.4, -0.2) is 20.4 Å². The van der Waals surface area contributed by atoms with Gasteiger partial charge in [-0.3, -0.25) is 4.98 Å². The number of hydrogen-bond donors (Lipinski definition) is 1. The fraction of sp³-hybridized carbons (Fsp3) is 0.136. The lowest BCUT2D eigenvalue weighted by atomic mass is 9.99. The molecule has 2 aromatic rings. The van der Waals surface area contributed by atoms with Crippen LogP contribution in [0, 0.1) is 6.92 Å². The van der Waals surface area contributed by atoms with Gasteiger partial charge in [0.05, 0.1) is 5.69 Å². The maximum absolute atomic E-state index is 4.59.